The van der Waals surface area contributed by atoms with E-state index in [9.17, 15) is 4.79 Å². The molecule has 0 aromatic carbocycles. The van der Waals surface area contributed by atoms with Crippen LogP contribution in [0.15, 0.2) is 0 Å². The summed E-state index contributed by atoms with van der Waals surface area (Å²) in [4.78, 5) is 11.0. The summed E-state index contributed by atoms with van der Waals surface area (Å²) in [6.45, 7) is 5.49. The van der Waals surface area contributed by atoms with Gasteiger partial charge in [-0.3, -0.25) is 4.79 Å². The van der Waals surface area contributed by atoms with Crippen LogP contribution in [0.5, 0.6) is 0 Å². The van der Waals surface area contributed by atoms with Crippen LogP contribution in [0.25, 0.3) is 0 Å². The van der Waals surface area contributed by atoms with Gasteiger partial charge in [0.1, 0.15) is 5.25 Å². The molecule has 14 heavy (non-hydrogen) atoms. The smallest absolute Gasteiger partial charge is 0.316 e. The van der Waals surface area contributed by atoms with Gasteiger partial charge in [-0.05, 0) is 18.8 Å². The average molecular weight is 218 g/mol. The topological polar surface area (TPSA) is 46.5 Å². The molecule has 1 rings (SSSR count). The van der Waals surface area contributed by atoms with Crippen LogP contribution in [0.2, 0.25) is 0 Å². The Hall–Kier alpha value is -0.220. The molecule has 1 aliphatic rings. The molecule has 0 aromatic rings. The van der Waals surface area contributed by atoms with Gasteiger partial charge in [-0.15, -0.1) is 11.8 Å². The number of carbonyl (C=O) groups is 1. The van der Waals surface area contributed by atoms with E-state index in [1.165, 1.54) is 0 Å². The van der Waals surface area contributed by atoms with Crippen molar-refractivity contribution in [1.29, 1.82) is 0 Å². The molecule has 0 bridgehead atoms. The van der Waals surface area contributed by atoms with E-state index in [-0.39, 0.29) is 11.2 Å². The summed E-state index contributed by atoms with van der Waals surface area (Å²) < 4.78 is 5.24. The summed E-state index contributed by atoms with van der Waals surface area (Å²) in [6, 6.07) is 0. The lowest BCUT2D eigenvalue weighted by Crippen LogP contribution is -2.28. The van der Waals surface area contributed by atoms with Gasteiger partial charge in [0.25, 0.3) is 0 Å². The monoisotopic (exact) mass is 218 g/mol. The second kappa shape index (κ2) is 5.61. The summed E-state index contributed by atoms with van der Waals surface area (Å²) in [6.07, 6.45) is 1.97. The standard InChI is InChI=1S/C10H18O3S/c1-7(2)9(10(11)12)14-8-3-5-13-6-4-8/h7-9H,3-6H2,1-2H3,(H,11,12). The number of carboxylic acids is 1. The number of hydrogen-bond donors (Lipinski definition) is 1. The molecular weight excluding hydrogens is 200 g/mol. The average Bonchev–Trinajstić information content (AvgIpc) is 2.15. The summed E-state index contributed by atoms with van der Waals surface area (Å²) in [5.41, 5.74) is 0. The molecule has 4 heteroatoms. The number of aliphatic carboxylic acids is 1. The molecule has 1 N–H and O–H groups in total. The maximum atomic E-state index is 11.0. The first kappa shape index (κ1) is 11.9. The molecule has 1 fully saturated rings. The Morgan fingerprint density at radius 2 is 2.00 bits per heavy atom. The Morgan fingerprint density at radius 3 is 2.43 bits per heavy atom. The Balaban J connectivity index is 2.41. The van der Waals surface area contributed by atoms with E-state index in [1.807, 2.05) is 13.8 Å². The minimum atomic E-state index is -0.684. The number of carboxylic acid groups (broad SMARTS) is 1. The zero-order valence-electron chi connectivity index (χ0n) is 8.73. The normalized spacial score (nSPS) is 21.1. The fourth-order valence-corrected chi connectivity index (χ4v) is 2.83. The van der Waals surface area contributed by atoms with Gasteiger partial charge in [0, 0.05) is 18.5 Å². The molecule has 0 aliphatic carbocycles. The van der Waals surface area contributed by atoms with Gasteiger partial charge >= 0.3 is 5.97 Å². The van der Waals surface area contributed by atoms with E-state index in [2.05, 4.69) is 0 Å². The molecule has 1 saturated heterocycles. The predicted octanol–water partition coefficient (Wildman–Crippen LogP) is 2.01. The molecule has 82 valence electrons. The summed E-state index contributed by atoms with van der Waals surface area (Å²) >= 11 is 1.60. The number of thioether (sulfide) groups is 1. The van der Waals surface area contributed by atoms with Crippen LogP contribution in [-0.2, 0) is 9.53 Å². The molecule has 0 radical (unpaired) electrons. The van der Waals surface area contributed by atoms with Gasteiger partial charge < -0.3 is 9.84 Å². The molecule has 0 aromatic heterocycles. The summed E-state index contributed by atoms with van der Waals surface area (Å²) in [7, 11) is 0. The Kier molecular flexibility index (Phi) is 4.75. The van der Waals surface area contributed by atoms with Gasteiger partial charge in [-0.1, -0.05) is 13.8 Å². The second-order valence-electron chi connectivity index (χ2n) is 3.95. The zero-order chi connectivity index (χ0) is 10.6. The van der Waals surface area contributed by atoms with Crippen LogP contribution in [0.4, 0.5) is 0 Å². The molecular formula is C10H18O3S. The van der Waals surface area contributed by atoms with Crippen LogP contribution in [0.1, 0.15) is 26.7 Å². The van der Waals surface area contributed by atoms with Crippen molar-refractivity contribution in [2.45, 2.75) is 37.2 Å². The molecule has 0 amide bonds. The molecule has 1 heterocycles. The van der Waals surface area contributed by atoms with Crippen molar-refractivity contribution in [3.8, 4) is 0 Å². The first-order valence-corrected chi connectivity index (χ1v) is 6.01. The number of rotatable bonds is 4. The van der Waals surface area contributed by atoms with Crippen molar-refractivity contribution in [2.24, 2.45) is 5.92 Å². The highest BCUT2D eigenvalue weighted by Gasteiger charge is 2.27. The van der Waals surface area contributed by atoms with Gasteiger partial charge in [-0.2, -0.15) is 0 Å². The predicted molar refractivity (Wildman–Crippen MR) is 57.7 cm³/mol. The van der Waals surface area contributed by atoms with Crippen molar-refractivity contribution in [3.63, 3.8) is 0 Å². The van der Waals surface area contributed by atoms with Crippen molar-refractivity contribution < 1.29 is 14.6 Å². The quantitative estimate of drug-likeness (QED) is 0.784. The molecule has 1 aliphatic heterocycles. The lowest BCUT2D eigenvalue weighted by molar-refractivity contribution is -0.137. The fraction of sp³-hybridized carbons (Fsp3) is 0.900. The molecule has 1 atom stereocenters. The third-order valence-corrected chi connectivity index (χ3v) is 4.25. The second-order valence-corrected chi connectivity index (χ2v) is 5.40. The largest absolute Gasteiger partial charge is 0.480 e. The van der Waals surface area contributed by atoms with E-state index >= 15 is 0 Å². The van der Waals surface area contributed by atoms with Crippen LogP contribution in [0.3, 0.4) is 0 Å². The highest BCUT2D eigenvalue weighted by atomic mass is 32.2. The van der Waals surface area contributed by atoms with Gasteiger partial charge in [0.05, 0.1) is 0 Å². The minimum Gasteiger partial charge on any atom is -0.480 e. The first-order chi connectivity index (χ1) is 6.61. The van der Waals surface area contributed by atoms with Gasteiger partial charge in [0.15, 0.2) is 0 Å². The van der Waals surface area contributed by atoms with Crippen molar-refractivity contribution in [1.82, 2.24) is 0 Å². The van der Waals surface area contributed by atoms with E-state index < -0.39 is 5.97 Å². The maximum absolute atomic E-state index is 11.0. The minimum absolute atomic E-state index is 0.195. The van der Waals surface area contributed by atoms with Crippen LogP contribution >= 0.6 is 11.8 Å². The zero-order valence-corrected chi connectivity index (χ0v) is 9.55. The van der Waals surface area contributed by atoms with E-state index in [0.29, 0.717) is 5.25 Å². The Labute approximate surface area is 89.2 Å². The summed E-state index contributed by atoms with van der Waals surface area (Å²) in [5, 5.41) is 9.22. The molecule has 0 saturated carbocycles. The van der Waals surface area contributed by atoms with Gasteiger partial charge in [0.2, 0.25) is 0 Å². The van der Waals surface area contributed by atoms with Crippen LogP contribution in [0, 0.1) is 5.92 Å². The van der Waals surface area contributed by atoms with Crippen LogP contribution < -0.4 is 0 Å². The molecule has 1 unspecified atom stereocenters. The molecule has 0 spiro atoms. The van der Waals surface area contributed by atoms with E-state index in [0.717, 1.165) is 26.1 Å². The van der Waals surface area contributed by atoms with Crippen molar-refractivity contribution >= 4 is 17.7 Å². The van der Waals surface area contributed by atoms with Crippen molar-refractivity contribution in [3.05, 3.63) is 0 Å². The highest BCUT2D eigenvalue weighted by Crippen LogP contribution is 2.30. The first-order valence-electron chi connectivity index (χ1n) is 5.07. The van der Waals surface area contributed by atoms with Crippen molar-refractivity contribution in [2.75, 3.05) is 13.2 Å². The highest BCUT2D eigenvalue weighted by molar-refractivity contribution is 8.01. The van der Waals surface area contributed by atoms with Crippen LogP contribution in [-0.4, -0.2) is 34.8 Å². The third kappa shape index (κ3) is 3.50. The third-order valence-electron chi connectivity index (χ3n) is 2.36. The Bertz CT molecular complexity index is 188. The summed E-state index contributed by atoms with van der Waals surface area (Å²) in [5.74, 6) is -0.489. The SMILES string of the molecule is CC(C)C(SC1CCOCC1)C(=O)O. The van der Waals surface area contributed by atoms with Gasteiger partial charge in [-0.25, -0.2) is 0 Å². The lowest BCUT2D eigenvalue weighted by atomic mass is 10.1. The number of hydrogen-bond acceptors (Lipinski definition) is 3. The van der Waals surface area contributed by atoms with E-state index in [1.54, 1.807) is 11.8 Å². The number of ether oxygens (including phenoxy) is 1. The van der Waals surface area contributed by atoms with E-state index in [4.69, 9.17) is 9.84 Å². The Morgan fingerprint density at radius 1 is 1.43 bits per heavy atom. The lowest BCUT2D eigenvalue weighted by Gasteiger charge is -2.26. The fourth-order valence-electron chi connectivity index (χ4n) is 1.52. The molecule has 3 nitrogen and oxygen atoms in total. The maximum Gasteiger partial charge on any atom is 0.316 e.